The quantitative estimate of drug-likeness (QED) is 0.793. The van der Waals surface area contributed by atoms with Crippen LogP contribution in [-0.4, -0.2) is 48.3 Å². The van der Waals surface area contributed by atoms with Crippen molar-refractivity contribution >= 4 is 5.97 Å². The number of aliphatic carboxylic acids is 1. The van der Waals surface area contributed by atoms with Gasteiger partial charge in [0.2, 0.25) is 0 Å². The summed E-state index contributed by atoms with van der Waals surface area (Å²) in [5.41, 5.74) is 0. The van der Waals surface area contributed by atoms with Crippen LogP contribution >= 0.6 is 0 Å². The summed E-state index contributed by atoms with van der Waals surface area (Å²) >= 11 is 0. The molecular weight excluding hydrogens is 230 g/mol. The molecule has 1 saturated heterocycles. The highest BCUT2D eigenvalue weighted by Gasteiger charge is 2.29. The van der Waals surface area contributed by atoms with Gasteiger partial charge in [-0.3, -0.25) is 9.69 Å². The van der Waals surface area contributed by atoms with Crippen LogP contribution in [0.2, 0.25) is 0 Å². The Morgan fingerprint density at radius 1 is 1.44 bits per heavy atom. The van der Waals surface area contributed by atoms with E-state index in [9.17, 15) is 4.79 Å². The highest BCUT2D eigenvalue weighted by Crippen LogP contribution is 2.27. The smallest absolute Gasteiger partial charge is 0.303 e. The molecule has 0 aromatic rings. The fourth-order valence-corrected chi connectivity index (χ4v) is 2.81. The van der Waals surface area contributed by atoms with Gasteiger partial charge in [0, 0.05) is 26.1 Å². The number of hydrogen-bond acceptors (Lipinski definition) is 3. The first-order chi connectivity index (χ1) is 8.45. The van der Waals surface area contributed by atoms with Gasteiger partial charge in [-0.1, -0.05) is 6.92 Å². The van der Waals surface area contributed by atoms with Gasteiger partial charge in [0.15, 0.2) is 0 Å². The van der Waals surface area contributed by atoms with Gasteiger partial charge in [0.25, 0.3) is 0 Å². The summed E-state index contributed by atoms with van der Waals surface area (Å²) in [5.74, 6) is 0.0784. The number of carboxylic acid groups (broad SMARTS) is 1. The van der Waals surface area contributed by atoms with Crippen molar-refractivity contribution in [1.82, 2.24) is 4.90 Å². The molecule has 4 unspecified atom stereocenters. The molecule has 18 heavy (non-hydrogen) atoms. The highest BCUT2D eigenvalue weighted by atomic mass is 16.5. The summed E-state index contributed by atoms with van der Waals surface area (Å²) in [6, 6.07) is 0.398. The van der Waals surface area contributed by atoms with E-state index in [4.69, 9.17) is 9.84 Å². The van der Waals surface area contributed by atoms with E-state index in [-0.39, 0.29) is 18.4 Å². The maximum atomic E-state index is 10.8. The Labute approximate surface area is 110 Å². The second-order valence-electron chi connectivity index (χ2n) is 5.65. The molecule has 1 N–H and O–H groups in total. The SMILES string of the molecule is COC(C)C(C)N1CCCC(C(C)CC(=O)O)C1. The fourth-order valence-electron chi connectivity index (χ4n) is 2.81. The van der Waals surface area contributed by atoms with Crippen molar-refractivity contribution in [2.45, 2.75) is 52.2 Å². The van der Waals surface area contributed by atoms with Crippen LogP contribution in [0, 0.1) is 11.8 Å². The Morgan fingerprint density at radius 3 is 2.67 bits per heavy atom. The third-order valence-corrected chi connectivity index (χ3v) is 4.42. The van der Waals surface area contributed by atoms with Crippen molar-refractivity contribution in [3.8, 4) is 0 Å². The number of carbonyl (C=O) groups is 1. The predicted octanol–water partition coefficient (Wildman–Crippen LogP) is 2.23. The van der Waals surface area contributed by atoms with Crippen LogP contribution in [0.25, 0.3) is 0 Å². The zero-order valence-corrected chi connectivity index (χ0v) is 12.1. The van der Waals surface area contributed by atoms with Gasteiger partial charge in [-0.25, -0.2) is 0 Å². The Morgan fingerprint density at radius 2 is 2.11 bits per heavy atom. The van der Waals surface area contributed by atoms with E-state index < -0.39 is 5.97 Å². The number of nitrogens with zero attached hydrogens (tertiary/aromatic N) is 1. The van der Waals surface area contributed by atoms with E-state index in [0.29, 0.717) is 12.0 Å². The molecule has 0 aliphatic carbocycles. The van der Waals surface area contributed by atoms with Crippen molar-refractivity contribution in [3.63, 3.8) is 0 Å². The molecule has 0 bridgehead atoms. The zero-order valence-electron chi connectivity index (χ0n) is 12.1. The monoisotopic (exact) mass is 257 g/mol. The second kappa shape index (κ2) is 7.10. The summed E-state index contributed by atoms with van der Waals surface area (Å²) in [5, 5.41) is 8.88. The average molecular weight is 257 g/mol. The molecule has 1 rings (SSSR count). The molecule has 106 valence electrons. The average Bonchev–Trinajstić information content (AvgIpc) is 2.36. The minimum Gasteiger partial charge on any atom is -0.481 e. The minimum absolute atomic E-state index is 0.221. The predicted molar refractivity (Wildman–Crippen MR) is 71.6 cm³/mol. The molecule has 4 atom stereocenters. The van der Waals surface area contributed by atoms with Crippen molar-refractivity contribution in [3.05, 3.63) is 0 Å². The topological polar surface area (TPSA) is 49.8 Å². The van der Waals surface area contributed by atoms with E-state index in [1.807, 2.05) is 0 Å². The van der Waals surface area contributed by atoms with Crippen LogP contribution in [0.5, 0.6) is 0 Å². The van der Waals surface area contributed by atoms with E-state index in [1.165, 1.54) is 0 Å². The maximum Gasteiger partial charge on any atom is 0.303 e. The largest absolute Gasteiger partial charge is 0.481 e. The van der Waals surface area contributed by atoms with Crippen LogP contribution in [0.3, 0.4) is 0 Å². The van der Waals surface area contributed by atoms with E-state index in [2.05, 4.69) is 25.7 Å². The summed E-state index contributed by atoms with van der Waals surface area (Å²) < 4.78 is 5.39. The Balaban J connectivity index is 2.52. The summed E-state index contributed by atoms with van der Waals surface area (Å²) in [4.78, 5) is 13.2. The molecule has 0 spiro atoms. The van der Waals surface area contributed by atoms with E-state index in [1.54, 1.807) is 7.11 Å². The molecule has 1 fully saturated rings. The number of methoxy groups -OCH3 is 1. The standard InChI is InChI=1S/C14H27NO3/c1-10(8-14(16)17)13-6-5-7-15(9-13)11(2)12(3)18-4/h10-13H,5-9H2,1-4H3,(H,16,17). The van der Waals surface area contributed by atoms with Gasteiger partial charge in [-0.2, -0.15) is 0 Å². The molecule has 0 saturated carbocycles. The molecule has 1 aliphatic rings. The lowest BCUT2D eigenvalue weighted by molar-refractivity contribution is -0.138. The van der Waals surface area contributed by atoms with Crippen LogP contribution in [0.4, 0.5) is 0 Å². The third kappa shape index (κ3) is 4.25. The highest BCUT2D eigenvalue weighted by molar-refractivity contribution is 5.67. The Bertz CT molecular complexity index is 270. The normalized spacial score (nSPS) is 26.6. The Hall–Kier alpha value is -0.610. The van der Waals surface area contributed by atoms with Gasteiger partial charge in [0.05, 0.1) is 6.10 Å². The number of likely N-dealkylation sites (tertiary alicyclic amines) is 1. The zero-order chi connectivity index (χ0) is 13.7. The van der Waals surface area contributed by atoms with Crippen LogP contribution in [0.1, 0.15) is 40.0 Å². The van der Waals surface area contributed by atoms with Crippen LogP contribution in [-0.2, 0) is 9.53 Å². The molecule has 1 aliphatic heterocycles. The van der Waals surface area contributed by atoms with Crippen molar-refractivity contribution in [2.75, 3.05) is 20.2 Å². The van der Waals surface area contributed by atoms with Gasteiger partial charge in [-0.15, -0.1) is 0 Å². The van der Waals surface area contributed by atoms with Gasteiger partial charge in [0.1, 0.15) is 0 Å². The number of piperidine rings is 1. The summed E-state index contributed by atoms with van der Waals surface area (Å²) in [6.45, 7) is 8.45. The first kappa shape index (κ1) is 15.4. The molecule has 0 aromatic carbocycles. The molecule has 4 nitrogen and oxygen atoms in total. The molecule has 0 radical (unpaired) electrons. The number of hydrogen-bond donors (Lipinski definition) is 1. The van der Waals surface area contributed by atoms with E-state index in [0.717, 1.165) is 25.9 Å². The lowest BCUT2D eigenvalue weighted by atomic mass is 9.84. The lowest BCUT2D eigenvalue weighted by Gasteiger charge is -2.40. The van der Waals surface area contributed by atoms with Gasteiger partial charge >= 0.3 is 5.97 Å². The molecule has 0 amide bonds. The lowest BCUT2D eigenvalue weighted by Crippen LogP contribution is -2.47. The first-order valence-electron chi connectivity index (χ1n) is 6.94. The maximum absolute atomic E-state index is 10.8. The fraction of sp³-hybridized carbons (Fsp3) is 0.929. The summed E-state index contributed by atoms with van der Waals surface area (Å²) in [7, 11) is 1.75. The molecule has 0 aromatic heterocycles. The number of carboxylic acids is 1. The molecule has 4 heteroatoms. The third-order valence-electron chi connectivity index (χ3n) is 4.42. The van der Waals surface area contributed by atoms with Crippen molar-refractivity contribution < 1.29 is 14.6 Å². The van der Waals surface area contributed by atoms with E-state index >= 15 is 0 Å². The summed E-state index contributed by atoms with van der Waals surface area (Å²) in [6.07, 6.45) is 2.82. The van der Waals surface area contributed by atoms with Gasteiger partial charge in [-0.05, 0) is 45.1 Å². The van der Waals surface area contributed by atoms with Crippen molar-refractivity contribution in [1.29, 1.82) is 0 Å². The molecule has 1 heterocycles. The minimum atomic E-state index is -0.682. The number of ether oxygens (including phenoxy) is 1. The second-order valence-corrected chi connectivity index (χ2v) is 5.65. The number of rotatable bonds is 6. The van der Waals surface area contributed by atoms with Crippen LogP contribution in [0.15, 0.2) is 0 Å². The molecular formula is C14H27NO3. The Kier molecular flexibility index (Phi) is 6.09. The van der Waals surface area contributed by atoms with Crippen LogP contribution < -0.4 is 0 Å². The van der Waals surface area contributed by atoms with Gasteiger partial charge < -0.3 is 9.84 Å². The first-order valence-corrected chi connectivity index (χ1v) is 6.94. The van der Waals surface area contributed by atoms with Crippen molar-refractivity contribution in [2.24, 2.45) is 11.8 Å².